The highest BCUT2D eigenvalue weighted by molar-refractivity contribution is 7.92. The Bertz CT molecular complexity index is 1380. The third-order valence-electron chi connectivity index (χ3n) is 11.3. The maximum Gasteiger partial charge on any atom is 0.315 e. The second-order valence-electron chi connectivity index (χ2n) is 16.9. The number of fused-ring (bicyclic) bond motifs is 3. The fourth-order valence-corrected chi connectivity index (χ4v) is 9.55. The standard InChI is InChI=1S/C33H53N5O7S/c1-30(2,3)25(36-29(43)37-32(12-8-7-9-13-32)18-46(44,45)31(4,5)6)28(42)38-17-20-22(33(20)14-15-33)23(38)27(41)35-21(16-19-10-11-19)24(39)26(34)40/h19-23,25H,7-18H2,1-6H3,(H2,34,40)(H,35,41)(H2,36,37,43)/t20-,21?,22-,23-,25+/m0/s1. The van der Waals surface area contributed by atoms with E-state index in [1.807, 2.05) is 20.8 Å². The Labute approximate surface area is 273 Å². The normalized spacial score (nSPS) is 27.6. The number of ketones is 1. The molecule has 5 amide bonds. The minimum atomic E-state index is -3.55. The van der Waals surface area contributed by atoms with Crippen LogP contribution in [-0.2, 0) is 29.0 Å². The monoisotopic (exact) mass is 663 g/mol. The number of hydrogen-bond donors (Lipinski definition) is 4. The number of likely N-dealkylation sites (tertiary alicyclic amines) is 1. The number of carbonyl (C=O) groups excluding carboxylic acids is 5. The zero-order chi connectivity index (χ0) is 34.0. The minimum absolute atomic E-state index is 0.0377. The number of piperidine rings is 1. The fourth-order valence-electron chi connectivity index (χ4n) is 8.03. The van der Waals surface area contributed by atoms with E-state index in [-0.39, 0.29) is 28.9 Å². The van der Waals surface area contributed by atoms with E-state index in [1.165, 1.54) is 0 Å². The SMILES string of the molecule is CC(C)(C)[C@H](NC(=O)NC1(CS(=O)(=O)C(C)(C)C)CCCCC1)C(=O)N1C[C@H]2[C@@H]([C@H]1C(=O)NC(CC1CC1)C(=O)C(N)=O)C21CC1. The van der Waals surface area contributed by atoms with Crippen LogP contribution in [0.15, 0.2) is 0 Å². The number of nitrogens with two attached hydrogens (primary N) is 1. The number of urea groups is 1. The van der Waals surface area contributed by atoms with Gasteiger partial charge in [-0.15, -0.1) is 0 Å². The summed E-state index contributed by atoms with van der Waals surface area (Å²) in [5.41, 5.74) is 3.67. The first kappa shape index (κ1) is 34.6. The Morgan fingerprint density at radius 1 is 0.913 bits per heavy atom. The van der Waals surface area contributed by atoms with E-state index in [2.05, 4.69) is 16.0 Å². The molecule has 12 nitrogen and oxygen atoms in total. The van der Waals surface area contributed by atoms with Crippen LogP contribution in [0.4, 0.5) is 4.79 Å². The van der Waals surface area contributed by atoms with Crippen LogP contribution in [0, 0.1) is 28.6 Å². The summed E-state index contributed by atoms with van der Waals surface area (Å²) < 4.78 is 25.5. The van der Waals surface area contributed by atoms with Crippen LogP contribution in [0.3, 0.4) is 0 Å². The molecule has 5 atom stereocenters. The second-order valence-corrected chi connectivity index (χ2v) is 19.6. The number of hydrogen-bond acceptors (Lipinski definition) is 7. The Morgan fingerprint density at radius 2 is 1.52 bits per heavy atom. The third kappa shape index (κ3) is 6.80. The predicted molar refractivity (Wildman–Crippen MR) is 172 cm³/mol. The average molecular weight is 664 g/mol. The number of amides is 5. The van der Waals surface area contributed by atoms with Gasteiger partial charge in [-0.25, -0.2) is 13.2 Å². The van der Waals surface area contributed by atoms with Crippen molar-refractivity contribution in [1.29, 1.82) is 0 Å². The highest BCUT2D eigenvalue weighted by Crippen LogP contribution is 2.78. The maximum atomic E-state index is 14.4. The number of rotatable bonds is 11. The molecule has 258 valence electrons. The molecule has 1 unspecified atom stereocenters. The lowest BCUT2D eigenvalue weighted by Gasteiger charge is -2.41. The molecular weight excluding hydrogens is 610 g/mol. The average Bonchev–Trinajstić information content (AvgIpc) is 3.90. The quantitative estimate of drug-likeness (QED) is 0.244. The number of Topliss-reactive ketones (excluding diaryl/α,β-unsaturated/α-hetero) is 1. The maximum absolute atomic E-state index is 14.4. The molecule has 1 saturated heterocycles. The summed E-state index contributed by atoms with van der Waals surface area (Å²) in [4.78, 5) is 67.9. The molecule has 5 N–H and O–H groups in total. The van der Waals surface area contributed by atoms with Crippen LogP contribution in [0.1, 0.15) is 106 Å². The first-order valence-corrected chi connectivity index (χ1v) is 18.6. The van der Waals surface area contributed by atoms with Crippen molar-refractivity contribution in [2.75, 3.05) is 12.3 Å². The van der Waals surface area contributed by atoms with Gasteiger partial charge in [0.15, 0.2) is 9.84 Å². The van der Waals surface area contributed by atoms with Gasteiger partial charge in [-0.3, -0.25) is 19.2 Å². The van der Waals surface area contributed by atoms with Crippen molar-refractivity contribution in [3.8, 4) is 0 Å². The Kier molecular flexibility index (Phi) is 8.86. The molecule has 0 bridgehead atoms. The van der Waals surface area contributed by atoms with Gasteiger partial charge in [-0.2, -0.15) is 0 Å². The molecule has 5 rings (SSSR count). The zero-order valence-corrected chi connectivity index (χ0v) is 29.1. The number of sulfone groups is 1. The smallest absolute Gasteiger partial charge is 0.315 e. The number of carbonyl (C=O) groups is 5. The Hall–Kier alpha value is -2.70. The third-order valence-corrected chi connectivity index (χ3v) is 14.1. The summed E-state index contributed by atoms with van der Waals surface area (Å²) in [5, 5.41) is 8.67. The van der Waals surface area contributed by atoms with E-state index in [9.17, 15) is 32.4 Å². The molecule has 1 aliphatic heterocycles. The summed E-state index contributed by atoms with van der Waals surface area (Å²) in [6.45, 7) is 10.9. The molecule has 4 aliphatic carbocycles. The van der Waals surface area contributed by atoms with Crippen LogP contribution in [0.25, 0.3) is 0 Å². The van der Waals surface area contributed by atoms with Crippen LogP contribution >= 0.6 is 0 Å². The molecule has 1 heterocycles. The number of nitrogens with one attached hydrogen (secondary N) is 3. The van der Waals surface area contributed by atoms with Gasteiger partial charge in [0.1, 0.15) is 12.1 Å². The van der Waals surface area contributed by atoms with Crippen molar-refractivity contribution in [1.82, 2.24) is 20.9 Å². The summed E-state index contributed by atoms with van der Waals surface area (Å²) >= 11 is 0. The van der Waals surface area contributed by atoms with E-state index in [0.29, 0.717) is 25.8 Å². The minimum Gasteiger partial charge on any atom is -0.363 e. The van der Waals surface area contributed by atoms with Crippen molar-refractivity contribution >= 4 is 39.4 Å². The second kappa shape index (κ2) is 11.8. The first-order valence-electron chi connectivity index (χ1n) is 17.0. The molecule has 0 aromatic rings. The van der Waals surface area contributed by atoms with Crippen molar-refractivity contribution in [3.05, 3.63) is 0 Å². The van der Waals surface area contributed by atoms with E-state index in [4.69, 9.17) is 5.73 Å². The molecule has 13 heteroatoms. The van der Waals surface area contributed by atoms with E-state index >= 15 is 0 Å². The fraction of sp³-hybridized carbons (Fsp3) is 0.848. The van der Waals surface area contributed by atoms with Gasteiger partial charge < -0.3 is 26.6 Å². The van der Waals surface area contributed by atoms with Crippen LogP contribution in [0.5, 0.6) is 0 Å². The number of nitrogens with zero attached hydrogens (tertiary/aromatic N) is 1. The molecule has 46 heavy (non-hydrogen) atoms. The molecule has 1 spiro atoms. The Balaban J connectivity index is 1.34. The van der Waals surface area contributed by atoms with Gasteiger partial charge >= 0.3 is 6.03 Å². The first-order chi connectivity index (χ1) is 21.2. The molecule has 0 aromatic carbocycles. The topological polar surface area (TPSA) is 185 Å². The van der Waals surface area contributed by atoms with Crippen molar-refractivity contribution < 1.29 is 32.4 Å². The number of primary amides is 1. The van der Waals surface area contributed by atoms with Crippen LogP contribution < -0.4 is 21.7 Å². The highest BCUT2D eigenvalue weighted by atomic mass is 32.2. The van der Waals surface area contributed by atoms with Crippen LogP contribution in [0.2, 0.25) is 0 Å². The largest absolute Gasteiger partial charge is 0.363 e. The summed E-state index contributed by atoms with van der Waals surface area (Å²) in [6.07, 6.45) is 7.74. The summed E-state index contributed by atoms with van der Waals surface area (Å²) in [5.74, 6) is -2.59. The van der Waals surface area contributed by atoms with Gasteiger partial charge in [0.05, 0.1) is 22.1 Å². The van der Waals surface area contributed by atoms with Gasteiger partial charge in [0.2, 0.25) is 17.6 Å². The van der Waals surface area contributed by atoms with Gasteiger partial charge in [-0.1, -0.05) is 52.9 Å². The molecule has 0 aromatic heterocycles. The van der Waals surface area contributed by atoms with E-state index in [1.54, 1.807) is 25.7 Å². The summed E-state index contributed by atoms with van der Waals surface area (Å²) in [6, 6.07) is -3.47. The molecule has 5 aliphatic rings. The molecule has 0 radical (unpaired) electrons. The summed E-state index contributed by atoms with van der Waals surface area (Å²) in [7, 11) is -3.55. The highest BCUT2D eigenvalue weighted by Gasteiger charge is 2.79. The lowest BCUT2D eigenvalue weighted by molar-refractivity contribution is -0.144. The van der Waals surface area contributed by atoms with Crippen molar-refractivity contribution in [2.45, 2.75) is 134 Å². The van der Waals surface area contributed by atoms with Crippen molar-refractivity contribution in [2.24, 2.45) is 34.3 Å². The molecular formula is C33H53N5O7S. The molecule has 4 saturated carbocycles. The van der Waals surface area contributed by atoms with Gasteiger partial charge in [0.25, 0.3) is 5.91 Å². The molecule has 5 fully saturated rings. The Morgan fingerprint density at radius 3 is 2.02 bits per heavy atom. The van der Waals surface area contributed by atoms with Crippen molar-refractivity contribution in [3.63, 3.8) is 0 Å². The lowest BCUT2D eigenvalue weighted by atomic mass is 9.83. The van der Waals surface area contributed by atoms with Gasteiger partial charge in [-0.05, 0) is 81.5 Å². The predicted octanol–water partition coefficient (Wildman–Crippen LogP) is 2.19. The van der Waals surface area contributed by atoms with Crippen LogP contribution in [-0.4, -0.2) is 83.6 Å². The van der Waals surface area contributed by atoms with Gasteiger partial charge in [0, 0.05) is 6.54 Å². The van der Waals surface area contributed by atoms with E-state index in [0.717, 1.165) is 44.9 Å². The van der Waals surface area contributed by atoms with E-state index < -0.39 is 73.2 Å². The zero-order valence-electron chi connectivity index (χ0n) is 28.2. The lowest BCUT2D eigenvalue weighted by Crippen LogP contribution is -2.64.